The molecule has 0 bridgehead atoms. The molecular formula is C23H20F4O. The Morgan fingerprint density at radius 1 is 0.786 bits per heavy atom. The quantitative estimate of drug-likeness (QED) is 0.386. The zero-order chi connectivity index (χ0) is 20.0. The first-order valence-electron chi connectivity index (χ1n) is 9.06. The van der Waals surface area contributed by atoms with Crippen molar-refractivity contribution in [3.8, 4) is 11.5 Å². The first-order chi connectivity index (χ1) is 13.4. The minimum Gasteiger partial charge on any atom is -0.457 e. The number of hydrogen-bond acceptors (Lipinski definition) is 1. The second kappa shape index (κ2) is 8.91. The lowest BCUT2D eigenvalue weighted by Gasteiger charge is -2.20. The average Bonchev–Trinajstić information content (AvgIpc) is 2.66. The SMILES string of the molecule is Fc1ccc(C(CCCc2cccc(Oc3ccccc3)c2)C(F)(F)F)cc1. The van der Waals surface area contributed by atoms with Crippen molar-refractivity contribution in [3.63, 3.8) is 0 Å². The third-order valence-corrected chi connectivity index (χ3v) is 4.50. The Morgan fingerprint density at radius 3 is 2.14 bits per heavy atom. The Bertz CT molecular complexity index is 873. The molecule has 3 aromatic rings. The summed E-state index contributed by atoms with van der Waals surface area (Å²) in [6.45, 7) is 0. The highest BCUT2D eigenvalue weighted by molar-refractivity contribution is 5.34. The maximum absolute atomic E-state index is 13.4. The van der Waals surface area contributed by atoms with Gasteiger partial charge in [-0.05, 0) is 66.8 Å². The van der Waals surface area contributed by atoms with Gasteiger partial charge in [0.25, 0.3) is 0 Å². The second-order valence-corrected chi connectivity index (χ2v) is 6.60. The predicted octanol–water partition coefficient (Wildman–Crippen LogP) is 7.29. The lowest BCUT2D eigenvalue weighted by Crippen LogP contribution is -2.21. The van der Waals surface area contributed by atoms with Crippen molar-refractivity contribution in [1.29, 1.82) is 0 Å². The van der Waals surface area contributed by atoms with Crippen LogP contribution in [0.1, 0.15) is 29.9 Å². The van der Waals surface area contributed by atoms with Gasteiger partial charge in [-0.15, -0.1) is 0 Å². The van der Waals surface area contributed by atoms with E-state index >= 15 is 0 Å². The zero-order valence-corrected chi connectivity index (χ0v) is 15.1. The van der Waals surface area contributed by atoms with Crippen LogP contribution in [-0.2, 0) is 6.42 Å². The number of halogens is 4. The number of para-hydroxylation sites is 1. The third kappa shape index (κ3) is 5.59. The molecule has 1 nitrogen and oxygen atoms in total. The van der Waals surface area contributed by atoms with E-state index in [1.165, 1.54) is 12.1 Å². The number of aryl methyl sites for hydroxylation is 1. The van der Waals surface area contributed by atoms with Gasteiger partial charge in [0.2, 0.25) is 0 Å². The minimum atomic E-state index is -4.36. The van der Waals surface area contributed by atoms with Gasteiger partial charge >= 0.3 is 6.18 Å². The molecule has 3 rings (SSSR count). The zero-order valence-electron chi connectivity index (χ0n) is 15.1. The lowest BCUT2D eigenvalue weighted by atomic mass is 9.92. The second-order valence-electron chi connectivity index (χ2n) is 6.60. The highest BCUT2D eigenvalue weighted by Gasteiger charge is 2.40. The summed E-state index contributed by atoms with van der Waals surface area (Å²) in [6.07, 6.45) is -3.56. The molecule has 0 aliphatic heterocycles. The van der Waals surface area contributed by atoms with E-state index in [1.807, 2.05) is 54.6 Å². The average molecular weight is 388 g/mol. The standard InChI is InChI=1S/C23H20F4O/c24-19-14-12-18(13-15-19)22(23(25,26)27)11-5-7-17-6-4-10-21(16-17)28-20-8-2-1-3-9-20/h1-4,6,8-10,12-16,22H,5,7,11H2. The molecular weight excluding hydrogens is 368 g/mol. The van der Waals surface area contributed by atoms with Gasteiger partial charge < -0.3 is 4.74 Å². The molecule has 3 aromatic carbocycles. The van der Waals surface area contributed by atoms with E-state index in [1.54, 1.807) is 0 Å². The monoisotopic (exact) mass is 388 g/mol. The van der Waals surface area contributed by atoms with E-state index in [-0.39, 0.29) is 12.0 Å². The van der Waals surface area contributed by atoms with Crippen LogP contribution in [0.2, 0.25) is 0 Å². The molecule has 0 spiro atoms. The predicted molar refractivity (Wildman–Crippen MR) is 101 cm³/mol. The summed E-state index contributed by atoms with van der Waals surface area (Å²) < 4.78 is 59.1. The van der Waals surface area contributed by atoms with Crippen molar-refractivity contribution < 1.29 is 22.3 Å². The summed E-state index contributed by atoms with van der Waals surface area (Å²) in [7, 11) is 0. The van der Waals surface area contributed by atoms with Gasteiger partial charge in [0.05, 0.1) is 5.92 Å². The normalized spacial score (nSPS) is 12.6. The van der Waals surface area contributed by atoms with Crippen molar-refractivity contribution in [1.82, 2.24) is 0 Å². The molecule has 1 atom stereocenters. The van der Waals surface area contributed by atoms with E-state index in [9.17, 15) is 17.6 Å². The van der Waals surface area contributed by atoms with Crippen LogP contribution in [0.5, 0.6) is 11.5 Å². The van der Waals surface area contributed by atoms with Crippen molar-refractivity contribution in [2.75, 3.05) is 0 Å². The molecule has 28 heavy (non-hydrogen) atoms. The molecule has 5 heteroatoms. The molecule has 0 aromatic heterocycles. The van der Waals surface area contributed by atoms with Crippen LogP contribution in [0.25, 0.3) is 0 Å². The van der Waals surface area contributed by atoms with Gasteiger partial charge in [0.15, 0.2) is 0 Å². The fourth-order valence-corrected chi connectivity index (χ4v) is 3.11. The molecule has 0 N–H and O–H groups in total. The maximum atomic E-state index is 13.4. The summed E-state index contributed by atoms with van der Waals surface area (Å²) in [5.41, 5.74) is 1.00. The van der Waals surface area contributed by atoms with Crippen molar-refractivity contribution >= 4 is 0 Å². The highest BCUT2D eigenvalue weighted by atomic mass is 19.4. The van der Waals surface area contributed by atoms with Gasteiger partial charge in [-0.1, -0.05) is 42.5 Å². The lowest BCUT2D eigenvalue weighted by molar-refractivity contribution is -0.152. The number of benzene rings is 3. The Hall–Kier alpha value is -2.82. The fraction of sp³-hybridized carbons (Fsp3) is 0.217. The van der Waals surface area contributed by atoms with Gasteiger partial charge in [-0.2, -0.15) is 13.2 Å². The van der Waals surface area contributed by atoms with Crippen LogP contribution in [0.4, 0.5) is 17.6 Å². The van der Waals surface area contributed by atoms with Gasteiger partial charge in [0.1, 0.15) is 17.3 Å². The molecule has 146 valence electrons. The summed E-state index contributed by atoms with van der Waals surface area (Å²) in [5.74, 6) is -0.792. The van der Waals surface area contributed by atoms with E-state index < -0.39 is 17.9 Å². The molecule has 0 radical (unpaired) electrons. The van der Waals surface area contributed by atoms with Crippen LogP contribution >= 0.6 is 0 Å². The first-order valence-corrected chi connectivity index (χ1v) is 9.06. The Kier molecular flexibility index (Phi) is 6.34. The minimum absolute atomic E-state index is 0.0566. The Balaban J connectivity index is 1.62. The molecule has 0 saturated heterocycles. The third-order valence-electron chi connectivity index (χ3n) is 4.50. The van der Waals surface area contributed by atoms with E-state index in [4.69, 9.17) is 4.74 Å². The van der Waals surface area contributed by atoms with Crippen LogP contribution in [-0.4, -0.2) is 6.18 Å². The number of ether oxygens (including phenoxy) is 1. The number of hydrogen-bond donors (Lipinski definition) is 0. The molecule has 0 heterocycles. The smallest absolute Gasteiger partial charge is 0.395 e. The van der Waals surface area contributed by atoms with Gasteiger partial charge in [0, 0.05) is 0 Å². The molecule has 1 unspecified atom stereocenters. The summed E-state index contributed by atoms with van der Waals surface area (Å²) in [6, 6.07) is 21.2. The molecule has 0 saturated carbocycles. The summed E-state index contributed by atoms with van der Waals surface area (Å²) in [5, 5.41) is 0. The highest BCUT2D eigenvalue weighted by Crippen LogP contribution is 2.38. The summed E-state index contributed by atoms with van der Waals surface area (Å²) >= 11 is 0. The van der Waals surface area contributed by atoms with Crippen LogP contribution < -0.4 is 4.74 Å². The molecule has 0 amide bonds. The number of rotatable bonds is 7. The van der Waals surface area contributed by atoms with Crippen LogP contribution in [0, 0.1) is 5.82 Å². The van der Waals surface area contributed by atoms with E-state index in [0.717, 1.165) is 17.7 Å². The first kappa shape index (κ1) is 19.9. The van der Waals surface area contributed by atoms with Crippen molar-refractivity contribution in [2.45, 2.75) is 31.4 Å². The van der Waals surface area contributed by atoms with Crippen molar-refractivity contribution in [2.24, 2.45) is 0 Å². The van der Waals surface area contributed by atoms with E-state index in [0.29, 0.717) is 24.3 Å². The number of alkyl halides is 3. The summed E-state index contributed by atoms with van der Waals surface area (Å²) in [4.78, 5) is 0. The molecule has 0 fully saturated rings. The van der Waals surface area contributed by atoms with Crippen LogP contribution in [0.15, 0.2) is 78.9 Å². The largest absolute Gasteiger partial charge is 0.457 e. The van der Waals surface area contributed by atoms with Gasteiger partial charge in [-0.25, -0.2) is 4.39 Å². The molecule has 0 aliphatic rings. The van der Waals surface area contributed by atoms with Crippen LogP contribution in [0.3, 0.4) is 0 Å². The van der Waals surface area contributed by atoms with Crippen molar-refractivity contribution in [3.05, 3.63) is 95.8 Å². The van der Waals surface area contributed by atoms with Gasteiger partial charge in [-0.3, -0.25) is 0 Å². The molecule has 0 aliphatic carbocycles. The fourth-order valence-electron chi connectivity index (χ4n) is 3.11. The van der Waals surface area contributed by atoms with E-state index in [2.05, 4.69) is 0 Å². The maximum Gasteiger partial charge on any atom is 0.395 e. The Morgan fingerprint density at radius 2 is 1.46 bits per heavy atom. The topological polar surface area (TPSA) is 9.23 Å². The Labute approximate surface area is 161 Å².